The maximum atomic E-state index is 5.61. The molecule has 3 rings (SSSR count). The Morgan fingerprint density at radius 2 is 2.26 bits per heavy atom. The van der Waals surface area contributed by atoms with E-state index in [4.69, 9.17) is 4.42 Å². The second kappa shape index (κ2) is 5.36. The Bertz CT molecular complexity index is 523. The van der Waals surface area contributed by atoms with Crippen molar-refractivity contribution in [1.29, 1.82) is 0 Å². The molecular formula is C13H17N5O. The van der Waals surface area contributed by atoms with Crippen molar-refractivity contribution < 1.29 is 4.42 Å². The van der Waals surface area contributed by atoms with Crippen molar-refractivity contribution in [2.45, 2.75) is 32.0 Å². The van der Waals surface area contributed by atoms with E-state index in [9.17, 15) is 0 Å². The minimum absolute atomic E-state index is 0.526. The van der Waals surface area contributed by atoms with Crippen molar-refractivity contribution in [1.82, 2.24) is 20.5 Å². The zero-order valence-corrected chi connectivity index (χ0v) is 10.9. The first-order chi connectivity index (χ1) is 9.31. The van der Waals surface area contributed by atoms with Crippen LogP contribution in [-0.2, 0) is 13.1 Å². The topological polar surface area (TPSA) is 67.1 Å². The third-order valence-corrected chi connectivity index (χ3v) is 3.03. The molecule has 0 atom stereocenters. The number of rotatable bonds is 6. The van der Waals surface area contributed by atoms with Crippen LogP contribution in [0.3, 0.4) is 0 Å². The van der Waals surface area contributed by atoms with E-state index in [1.54, 1.807) is 6.20 Å². The third kappa shape index (κ3) is 3.29. The normalized spacial score (nSPS) is 14.6. The van der Waals surface area contributed by atoms with Gasteiger partial charge in [0.1, 0.15) is 0 Å². The second-order valence-corrected chi connectivity index (χ2v) is 4.81. The third-order valence-electron chi connectivity index (χ3n) is 3.03. The molecule has 0 spiro atoms. The lowest BCUT2D eigenvalue weighted by Crippen LogP contribution is -2.17. The summed E-state index contributed by atoms with van der Waals surface area (Å²) in [6.45, 7) is 1.30. The minimum atomic E-state index is 0.526. The summed E-state index contributed by atoms with van der Waals surface area (Å²) < 4.78 is 5.61. The average Bonchev–Trinajstić information content (AvgIpc) is 3.14. The summed E-state index contributed by atoms with van der Waals surface area (Å²) in [4.78, 5) is 6.17. The van der Waals surface area contributed by atoms with Crippen LogP contribution < -0.4 is 10.2 Å². The van der Waals surface area contributed by atoms with Crippen molar-refractivity contribution in [3.8, 4) is 0 Å². The molecule has 1 saturated carbocycles. The van der Waals surface area contributed by atoms with E-state index < -0.39 is 0 Å². The van der Waals surface area contributed by atoms with Crippen molar-refractivity contribution in [2.75, 3.05) is 11.9 Å². The SMILES string of the molecule is CN(Cc1ccccn1)c1nnc(CNC2CC2)o1. The summed E-state index contributed by atoms with van der Waals surface area (Å²) in [5.74, 6) is 0.634. The fourth-order valence-electron chi connectivity index (χ4n) is 1.79. The highest BCUT2D eigenvalue weighted by Crippen LogP contribution is 2.19. The number of nitrogens with one attached hydrogen (secondary N) is 1. The smallest absolute Gasteiger partial charge is 0.318 e. The number of nitrogens with zero attached hydrogens (tertiary/aromatic N) is 4. The quantitative estimate of drug-likeness (QED) is 0.844. The van der Waals surface area contributed by atoms with E-state index in [0.717, 1.165) is 5.69 Å². The number of aromatic nitrogens is 3. The van der Waals surface area contributed by atoms with Crippen molar-refractivity contribution in [3.05, 3.63) is 36.0 Å². The van der Waals surface area contributed by atoms with Crippen LogP contribution in [0.2, 0.25) is 0 Å². The number of hydrogen-bond acceptors (Lipinski definition) is 6. The molecule has 19 heavy (non-hydrogen) atoms. The molecule has 6 heteroatoms. The Labute approximate surface area is 111 Å². The van der Waals surface area contributed by atoms with Crippen molar-refractivity contribution >= 4 is 6.01 Å². The highest BCUT2D eigenvalue weighted by molar-refractivity contribution is 5.24. The first-order valence-corrected chi connectivity index (χ1v) is 6.48. The van der Waals surface area contributed by atoms with Gasteiger partial charge in [-0.3, -0.25) is 4.98 Å². The molecule has 0 saturated heterocycles. The molecule has 0 unspecified atom stereocenters. The molecule has 1 aliphatic rings. The van der Waals surface area contributed by atoms with Crippen LogP contribution in [0.15, 0.2) is 28.8 Å². The zero-order chi connectivity index (χ0) is 13.1. The molecule has 1 N–H and O–H groups in total. The lowest BCUT2D eigenvalue weighted by molar-refractivity contribution is 0.463. The van der Waals surface area contributed by atoms with Gasteiger partial charge in [0, 0.05) is 19.3 Å². The maximum Gasteiger partial charge on any atom is 0.318 e. The average molecular weight is 259 g/mol. The summed E-state index contributed by atoms with van der Waals surface area (Å²) in [5, 5.41) is 11.4. The molecule has 0 bridgehead atoms. The molecule has 6 nitrogen and oxygen atoms in total. The van der Waals surface area contributed by atoms with Crippen LogP contribution >= 0.6 is 0 Å². The van der Waals surface area contributed by atoms with Gasteiger partial charge in [0.2, 0.25) is 5.89 Å². The van der Waals surface area contributed by atoms with Crippen molar-refractivity contribution in [2.24, 2.45) is 0 Å². The van der Waals surface area contributed by atoms with Gasteiger partial charge >= 0.3 is 6.01 Å². The molecule has 2 heterocycles. The van der Waals surface area contributed by atoms with Gasteiger partial charge in [0.05, 0.1) is 18.8 Å². The first kappa shape index (κ1) is 12.1. The van der Waals surface area contributed by atoms with Crippen LogP contribution in [0.1, 0.15) is 24.4 Å². The molecule has 1 aliphatic carbocycles. The van der Waals surface area contributed by atoms with E-state index in [2.05, 4.69) is 20.5 Å². The summed E-state index contributed by atoms with van der Waals surface area (Å²) in [5.41, 5.74) is 0.973. The molecule has 0 radical (unpaired) electrons. The molecule has 0 aromatic carbocycles. The molecule has 1 fully saturated rings. The number of pyridine rings is 1. The van der Waals surface area contributed by atoms with E-state index >= 15 is 0 Å². The largest absolute Gasteiger partial charge is 0.407 e. The van der Waals surface area contributed by atoms with E-state index in [1.165, 1.54) is 12.8 Å². The van der Waals surface area contributed by atoms with Crippen LogP contribution in [0, 0.1) is 0 Å². The lowest BCUT2D eigenvalue weighted by atomic mass is 10.3. The maximum absolute atomic E-state index is 5.61. The highest BCUT2D eigenvalue weighted by Gasteiger charge is 2.21. The predicted molar refractivity (Wildman–Crippen MR) is 70.5 cm³/mol. The van der Waals surface area contributed by atoms with Crippen LogP contribution in [0.5, 0.6) is 0 Å². The fourth-order valence-corrected chi connectivity index (χ4v) is 1.79. The summed E-state index contributed by atoms with van der Waals surface area (Å²) in [6.07, 6.45) is 4.28. The minimum Gasteiger partial charge on any atom is -0.407 e. The van der Waals surface area contributed by atoms with Gasteiger partial charge in [-0.25, -0.2) is 0 Å². The molecule has 0 aliphatic heterocycles. The Morgan fingerprint density at radius 1 is 1.37 bits per heavy atom. The standard InChI is InChI=1S/C13H17N5O/c1-18(9-11-4-2-3-7-14-11)13-17-16-12(19-13)8-15-10-5-6-10/h2-4,7,10,15H,5-6,8-9H2,1H3. The van der Waals surface area contributed by atoms with Gasteiger partial charge in [-0.15, -0.1) is 5.10 Å². The summed E-state index contributed by atoms with van der Waals surface area (Å²) in [7, 11) is 1.92. The van der Waals surface area contributed by atoms with Crippen molar-refractivity contribution in [3.63, 3.8) is 0 Å². The Morgan fingerprint density at radius 3 is 3.00 bits per heavy atom. The van der Waals surface area contributed by atoms with Gasteiger partial charge < -0.3 is 14.6 Å². The molecular weight excluding hydrogens is 242 g/mol. The molecule has 2 aromatic heterocycles. The van der Waals surface area contributed by atoms with E-state index in [-0.39, 0.29) is 0 Å². The number of anilines is 1. The lowest BCUT2D eigenvalue weighted by Gasteiger charge is -2.12. The molecule has 2 aromatic rings. The van der Waals surface area contributed by atoms with Crippen LogP contribution in [0.25, 0.3) is 0 Å². The summed E-state index contributed by atoms with van der Waals surface area (Å²) >= 11 is 0. The molecule has 100 valence electrons. The Hall–Kier alpha value is -1.95. The monoisotopic (exact) mass is 259 g/mol. The Kier molecular flexibility index (Phi) is 3.41. The molecule has 0 amide bonds. The predicted octanol–water partition coefficient (Wildman–Crippen LogP) is 1.35. The van der Waals surface area contributed by atoms with Gasteiger partial charge in [-0.05, 0) is 25.0 Å². The van der Waals surface area contributed by atoms with Crippen LogP contribution in [-0.4, -0.2) is 28.3 Å². The van der Waals surface area contributed by atoms with E-state index in [1.807, 2.05) is 30.1 Å². The van der Waals surface area contributed by atoms with Gasteiger partial charge in [-0.1, -0.05) is 11.2 Å². The number of hydrogen-bond donors (Lipinski definition) is 1. The fraction of sp³-hybridized carbons (Fsp3) is 0.462. The van der Waals surface area contributed by atoms with Gasteiger partial charge in [0.25, 0.3) is 0 Å². The van der Waals surface area contributed by atoms with E-state index in [0.29, 0.717) is 31.0 Å². The Balaban J connectivity index is 1.58. The second-order valence-electron chi connectivity index (χ2n) is 4.81. The van der Waals surface area contributed by atoms with Gasteiger partial charge in [0.15, 0.2) is 0 Å². The van der Waals surface area contributed by atoms with Gasteiger partial charge in [-0.2, -0.15) is 0 Å². The summed E-state index contributed by atoms with van der Waals surface area (Å²) in [6, 6.07) is 7.01. The van der Waals surface area contributed by atoms with Crippen LogP contribution in [0.4, 0.5) is 6.01 Å². The first-order valence-electron chi connectivity index (χ1n) is 6.48. The zero-order valence-electron chi connectivity index (χ0n) is 10.9. The highest BCUT2D eigenvalue weighted by atomic mass is 16.4.